The summed E-state index contributed by atoms with van der Waals surface area (Å²) < 4.78 is 4.75. The van der Waals surface area contributed by atoms with Crippen molar-refractivity contribution in [2.24, 2.45) is 41.4 Å². The van der Waals surface area contributed by atoms with Gasteiger partial charge in [-0.15, -0.1) is 0 Å². The zero-order valence-electron chi connectivity index (χ0n) is 74.5. The summed E-state index contributed by atoms with van der Waals surface area (Å²) in [4.78, 5) is 72.0. The molecule has 1 fully saturated rings. The molecule has 0 aliphatic carbocycles. The molecule has 7 unspecified atom stereocenters. The molecule has 1 saturated heterocycles. The van der Waals surface area contributed by atoms with Crippen LogP contribution in [0.4, 0.5) is 5.69 Å². The van der Waals surface area contributed by atoms with Crippen LogP contribution in [0.15, 0.2) is 146 Å². The summed E-state index contributed by atoms with van der Waals surface area (Å²) in [5, 5.41) is 80.0. The molecule has 0 bridgehead atoms. The molecule has 2 aliphatic rings. The molecule has 2 aliphatic heterocycles. The fraction of sp³-hybridized carbons (Fsp3) is 0.589. The predicted octanol–water partition coefficient (Wildman–Crippen LogP) is 10.6. The standard InChI is InChI=1S/C13H22NO3.C12H16N.C11H22N2O3.2C10H16N.C9H14N.5C5H10O2.ClH.H3N/c15-9-6-14(7-10-16,8-11-17)12-13-4-2-1-3-5-13;1-2-6-12-10-13(7-3-4-8-13)9-11(12)5-1;1-3-9(11(15)16)7-8(2)10(14)13-6-4-5-12;2*1-11(2,3)9-10-7-5-4-6-8-10;1-10(2,3)9-7-5-4-6-8-9;5*1-3-4(2)5(6)7;;/h1-5,15-17H,6-12H2;1-2,5-6H,3-4,7-10H2;8-9H,3-7,12H2,1-2H3,(H,13,14)(H,15,16);2*4-8H,9H2,1-3H3;4-8H,1-3H3;5*4H,3H2,1-2H3,(H,6,7);1H;1H3/q2*+1;;3*+1;;;;;;;. The van der Waals surface area contributed by atoms with Crippen molar-refractivity contribution < 1.29 is 116 Å². The first kappa shape index (κ1) is 118. The van der Waals surface area contributed by atoms with E-state index in [-0.39, 0.29) is 79.8 Å². The van der Waals surface area contributed by atoms with E-state index in [1.807, 2.05) is 77.9 Å². The smallest absolute Gasteiger partial charge is 0.306 e. The number of carbonyl (C=O) groups is 7. The molecule has 1 spiro atoms. The monoisotopic (exact) mass is 1640 g/mol. The van der Waals surface area contributed by atoms with Gasteiger partial charge in [0.2, 0.25) is 5.91 Å². The lowest BCUT2D eigenvalue weighted by atomic mass is 9.93. The first-order valence-corrected chi connectivity index (χ1v) is 40.5. The van der Waals surface area contributed by atoms with Gasteiger partial charge in [0.25, 0.3) is 0 Å². The minimum absolute atomic E-state index is 0. The highest BCUT2D eigenvalue weighted by Gasteiger charge is 2.38. The Morgan fingerprint density at radius 1 is 0.409 bits per heavy atom. The maximum absolute atomic E-state index is 11.6. The number of amides is 1. The molecule has 7 rings (SSSR count). The number of aliphatic hydroxyl groups excluding tert-OH is 3. The van der Waals surface area contributed by atoms with Gasteiger partial charge in [-0.05, 0) is 57.1 Å². The first-order chi connectivity index (χ1) is 52.8. The second-order valence-electron chi connectivity index (χ2n) is 32.4. The van der Waals surface area contributed by atoms with E-state index in [0.717, 1.165) is 83.7 Å². The average Bonchev–Trinajstić information content (AvgIpc) is 1.64. The number of hydrogen-bond donors (Lipinski definition) is 12. The number of fused-ring (bicyclic) bond motifs is 1. The lowest BCUT2D eigenvalue weighted by Gasteiger charge is -2.37. The minimum atomic E-state index is -0.820. The van der Waals surface area contributed by atoms with Crippen LogP contribution < -0.4 is 34.1 Å². The number of nitrogens with one attached hydrogen (secondary N) is 1. The van der Waals surface area contributed by atoms with Crippen molar-refractivity contribution in [3.05, 3.63) is 173 Å². The highest BCUT2D eigenvalue weighted by atomic mass is 35.5. The fourth-order valence-electron chi connectivity index (χ4n) is 10.6. The summed E-state index contributed by atoms with van der Waals surface area (Å²) in [6, 6.07) is 50.5. The molecule has 115 heavy (non-hydrogen) atoms. The molecule has 16 N–H and O–H groups in total. The number of rotatable bonds is 31. The third-order valence-electron chi connectivity index (χ3n) is 19.1. The Hall–Kier alpha value is -7.72. The molecule has 5 aromatic rings. The van der Waals surface area contributed by atoms with Crippen molar-refractivity contribution in [2.45, 2.75) is 180 Å². The Morgan fingerprint density at radius 2 is 0.687 bits per heavy atom. The number of carbonyl (C=O) groups excluding carboxylic acids is 1. The van der Waals surface area contributed by atoms with E-state index in [9.17, 15) is 33.6 Å². The van der Waals surface area contributed by atoms with Gasteiger partial charge in [0.15, 0.2) is 0 Å². The summed E-state index contributed by atoms with van der Waals surface area (Å²) in [5.41, 5.74) is 12.2. The molecule has 25 heteroatoms. The molecule has 1 amide bonds. The number of hydrogen-bond acceptors (Lipinski definition) is 11. The third-order valence-corrected chi connectivity index (χ3v) is 19.1. The highest BCUT2D eigenvalue weighted by Crippen LogP contribution is 2.34. The largest absolute Gasteiger partial charge is 1.00 e. The van der Waals surface area contributed by atoms with Crippen molar-refractivity contribution in [3.63, 3.8) is 0 Å². The summed E-state index contributed by atoms with van der Waals surface area (Å²) in [5.74, 6) is -5.98. The topological polar surface area (TPSA) is 376 Å². The molecular weight excluding hydrogens is 1480 g/mol. The number of halogens is 1. The summed E-state index contributed by atoms with van der Waals surface area (Å²) in [6.45, 7) is 33.0. The Labute approximate surface area is 699 Å². The van der Waals surface area contributed by atoms with E-state index in [2.05, 4.69) is 184 Å². The SMILES string of the molecule is CCC(C)C(=O)O.CCC(C)C(=O)O.CCC(C)C(=O)O.CCC(C)C(=O)O.CCC(C)C(=O)O.CCC(CC(C)C(=O)NCCC[NH3+])C(=O)O.C[N+](C)(C)Cc1ccccc1.C[N+](C)(C)Cc1ccccc1.C[N+](C)(C)c1ccccc1.N.OCC[N+](CCO)(CCO)Cc1ccccc1.[Cl-].c1ccc2c(c1)C[N+]1(CCCC1)C2. The molecule has 658 valence electrons. The van der Waals surface area contributed by atoms with E-state index in [1.54, 1.807) is 52.7 Å². The van der Waals surface area contributed by atoms with Gasteiger partial charge in [-0.2, -0.15) is 0 Å². The molecule has 5 aromatic carbocycles. The Morgan fingerprint density at radius 3 is 0.904 bits per heavy atom. The van der Waals surface area contributed by atoms with E-state index in [0.29, 0.717) is 43.5 Å². The number of aliphatic hydroxyl groups is 3. The van der Waals surface area contributed by atoms with Gasteiger partial charge in [0, 0.05) is 59.5 Å². The Kier molecular flexibility index (Phi) is 69.2. The number of benzene rings is 5. The lowest BCUT2D eigenvalue weighted by molar-refractivity contribution is -0.941. The molecule has 0 aromatic heterocycles. The van der Waals surface area contributed by atoms with Gasteiger partial charge < -0.3 is 93.5 Å². The van der Waals surface area contributed by atoms with E-state index < -0.39 is 41.7 Å². The van der Waals surface area contributed by atoms with E-state index in [1.165, 1.54) is 60.3 Å². The van der Waals surface area contributed by atoms with Crippen molar-refractivity contribution in [2.75, 3.05) is 129 Å². The van der Waals surface area contributed by atoms with Gasteiger partial charge in [-0.1, -0.05) is 217 Å². The Balaban J connectivity index is -0.000000288. The quantitative estimate of drug-likeness (QED) is 0.0145. The van der Waals surface area contributed by atoms with Crippen LogP contribution in [-0.2, 0) is 66.3 Å². The van der Waals surface area contributed by atoms with Crippen LogP contribution in [0.5, 0.6) is 0 Å². The summed E-state index contributed by atoms with van der Waals surface area (Å²) >= 11 is 0. The molecule has 24 nitrogen and oxygen atoms in total. The lowest BCUT2D eigenvalue weighted by Crippen LogP contribution is -3.00. The van der Waals surface area contributed by atoms with Crippen LogP contribution in [0.3, 0.4) is 0 Å². The van der Waals surface area contributed by atoms with Gasteiger partial charge in [-0.3, -0.25) is 38.0 Å². The normalized spacial score (nSPS) is 13.7. The average molecular weight is 1650 g/mol. The number of carboxylic acids is 6. The minimum Gasteiger partial charge on any atom is -1.00 e. The number of para-hydroxylation sites is 1. The fourth-order valence-corrected chi connectivity index (χ4v) is 10.6. The highest BCUT2D eigenvalue weighted by molar-refractivity contribution is 5.79. The van der Waals surface area contributed by atoms with Gasteiger partial charge in [-0.25, -0.2) is 0 Å². The van der Waals surface area contributed by atoms with E-state index in [4.69, 9.17) is 46.0 Å². The first-order valence-electron chi connectivity index (χ1n) is 40.5. The van der Waals surface area contributed by atoms with Crippen molar-refractivity contribution >= 4 is 47.4 Å². The van der Waals surface area contributed by atoms with Gasteiger partial charge in [0.1, 0.15) is 58.0 Å². The Bertz CT molecular complexity index is 3050. The maximum atomic E-state index is 11.6. The van der Waals surface area contributed by atoms with Crippen molar-refractivity contribution in [1.29, 1.82) is 0 Å². The van der Waals surface area contributed by atoms with Crippen LogP contribution in [0.25, 0.3) is 0 Å². The van der Waals surface area contributed by atoms with Crippen molar-refractivity contribution in [3.8, 4) is 0 Å². The molecule has 0 saturated carbocycles. The second kappa shape index (κ2) is 67.3. The van der Waals surface area contributed by atoms with E-state index >= 15 is 0 Å². The second-order valence-corrected chi connectivity index (χ2v) is 32.4. The van der Waals surface area contributed by atoms with Gasteiger partial charge >= 0.3 is 35.8 Å². The summed E-state index contributed by atoms with van der Waals surface area (Å²) in [6.07, 6.45) is 8.29. The molecular formula is C90H160ClN8O16+5. The number of nitrogens with zero attached hydrogens (tertiary/aromatic N) is 5. The number of quaternary nitrogens is 6. The zero-order chi connectivity index (χ0) is 87.4. The van der Waals surface area contributed by atoms with Crippen molar-refractivity contribution in [1.82, 2.24) is 16.0 Å². The third kappa shape index (κ3) is 62.2. The van der Waals surface area contributed by atoms with Crippen LogP contribution in [0.2, 0.25) is 0 Å². The van der Waals surface area contributed by atoms with Crippen LogP contribution in [-0.4, -0.2) is 235 Å². The van der Waals surface area contributed by atoms with Crippen LogP contribution in [0.1, 0.15) is 175 Å². The summed E-state index contributed by atoms with van der Waals surface area (Å²) in [7, 11) is 19.7. The molecule has 7 atom stereocenters. The zero-order valence-corrected chi connectivity index (χ0v) is 75.2. The maximum Gasteiger partial charge on any atom is 0.306 e. The van der Waals surface area contributed by atoms with Gasteiger partial charge in [0.05, 0.1) is 138 Å². The number of carboxylic acid groups (broad SMARTS) is 6. The number of aliphatic carboxylic acids is 6. The molecule has 0 radical (unpaired) electrons. The molecule has 2 heterocycles. The van der Waals surface area contributed by atoms with Crippen LogP contribution >= 0.6 is 0 Å². The van der Waals surface area contributed by atoms with Crippen LogP contribution in [0, 0.1) is 41.4 Å². The predicted molar refractivity (Wildman–Crippen MR) is 463 cm³/mol.